The van der Waals surface area contributed by atoms with Crippen LogP contribution in [0.4, 0.5) is 0 Å². The molecule has 0 spiro atoms. The van der Waals surface area contributed by atoms with Crippen LogP contribution in [0.15, 0.2) is 18.6 Å². The van der Waals surface area contributed by atoms with Crippen LogP contribution in [0, 0.1) is 6.92 Å². The average Bonchev–Trinajstić information content (AvgIpc) is 2.49. The Bertz CT molecular complexity index is 433. The van der Waals surface area contributed by atoms with Gasteiger partial charge in [0, 0.05) is 11.8 Å². The van der Waals surface area contributed by atoms with Gasteiger partial charge in [0.1, 0.15) is 6.33 Å². The Morgan fingerprint density at radius 1 is 1.58 bits per heavy atom. The second-order valence-electron chi connectivity index (χ2n) is 2.59. The maximum Gasteiger partial charge on any atom is 0.155 e. The summed E-state index contributed by atoms with van der Waals surface area (Å²) in [6, 6.07) is 1.83. The monoisotopic (exact) mass is 161 g/mol. The molecule has 0 amide bonds. The molecule has 0 radical (unpaired) electrons. The lowest BCUT2D eigenvalue weighted by atomic mass is 10.2. The summed E-state index contributed by atoms with van der Waals surface area (Å²) in [5, 5.41) is 3.92. The highest BCUT2D eigenvalue weighted by Gasteiger charge is 2.00. The van der Waals surface area contributed by atoms with E-state index in [1.165, 1.54) is 6.33 Å². The minimum Gasteiger partial charge on any atom is -0.298 e. The Labute approximate surface area is 68.8 Å². The highest BCUT2D eigenvalue weighted by molar-refractivity contribution is 5.77. The van der Waals surface area contributed by atoms with Gasteiger partial charge >= 0.3 is 0 Å². The van der Waals surface area contributed by atoms with Gasteiger partial charge in [-0.1, -0.05) is 0 Å². The third-order valence-corrected chi connectivity index (χ3v) is 1.79. The van der Waals surface area contributed by atoms with Crippen molar-refractivity contribution in [3.63, 3.8) is 0 Å². The molecule has 0 saturated carbocycles. The first-order valence-corrected chi connectivity index (χ1v) is 3.56. The second-order valence-corrected chi connectivity index (χ2v) is 2.59. The molecule has 0 saturated heterocycles. The first kappa shape index (κ1) is 6.97. The van der Waals surface area contributed by atoms with E-state index in [0.29, 0.717) is 5.56 Å². The Hall–Kier alpha value is -1.71. The Balaban J connectivity index is 2.81. The van der Waals surface area contributed by atoms with Crippen molar-refractivity contribution in [3.05, 3.63) is 29.7 Å². The smallest absolute Gasteiger partial charge is 0.155 e. The summed E-state index contributed by atoms with van der Waals surface area (Å²) < 4.78 is 1.58. The quantitative estimate of drug-likeness (QED) is 0.582. The zero-order valence-electron chi connectivity index (χ0n) is 6.56. The van der Waals surface area contributed by atoms with Gasteiger partial charge in [0.05, 0.1) is 0 Å². The van der Waals surface area contributed by atoms with E-state index in [0.717, 1.165) is 17.5 Å². The fraction of sp³-hybridized carbons (Fsp3) is 0.125. The highest BCUT2D eigenvalue weighted by Crippen LogP contribution is 2.07. The Morgan fingerprint density at radius 2 is 2.42 bits per heavy atom. The molecule has 0 aromatic carbocycles. The zero-order chi connectivity index (χ0) is 8.55. The zero-order valence-corrected chi connectivity index (χ0v) is 6.56. The van der Waals surface area contributed by atoms with Crippen molar-refractivity contribution in [3.8, 4) is 0 Å². The van der Waals surface area contributed by atoms with Crippen molar-refractivity contribution < 1.29 is 4.79 Å². The summed E-state index contributed by atoms with van der Waals surface area (Å²) >= 11 is 0. The van der Waals surface area contributed by atoms with Gasteiger partial charge in [0.25, 0.3) is 0 Å². The molecule has 2 aromatic heterocycles. The number of pyridine rings is 1. The Kier molecular flexibility index (Phi) is 1.40. The topological polar surface area (TPSA) is 47.3 Å². The SMILES string of the molecule is Cc1cc2ncnn2cc1C=O. The first-order valence-electron chi connectivity index (χ1n) is 3.56. The van der Waals surface area contributed by atoms with E-state index >= 15 is 0 Å². The maximum atomic E-state index is 10.5. The van der Waals surface area contributed by atoms with Crippen molar-refractivity contribution in [2.24, 2.45) is 0 Å². The number of nitrogens with zero attached hydrogens (tertiary/aromatic N) is 3. The van der Waals surface area contributed by atoms with Gasteiger partial charge in [-0.15, -0.1) is 0 Å². The van der Waals surface area contributed by atoms with E-state index in [1.807, 2.05) is 13.0 Å². The van der Waals surface area contributed by atoms with Gasteiger partial charge in [-0.2, -0.15) is 5.10 Å². The summed E-state index contributed by atoms with van der Waals surface area (Å²) in [4.78, 5) is 14.5. The van der Waals surface area contributed by atoms with E-state index in [4.69, 9.17) is 0 Å². The molecule has 0 atom stereocenters. The lowest BCUT2D eigenvalue weighted by molar-refractivity contribution is 0.112. The maximum absolute atomic E-state index is 10.5. The van der Waals surface area contributed by atoms with Crippen molar-refractivity contribution in [1.82, 2.24) is 14.6 Å². The van der Waals surface area contributed by atoms with Crippen LogP contribution in [0.2, 0.25) is 0 Å². The molecular weight excluding hydrogens is 154 g/mol. The lowest BCUT2D eigenvalue weighted by Crippen LogP contribution is -1.93. The number of carbonyl (C=O) groups excluding carboxylic acids is 1. The van der Waals surface area contributed by atoms with Gasteiger partial charge in [-0.25, -0.2) is 9.50 Å². The van der Waals surface area contributed by atoms with Crippen LogP contribution in [0.1, 0.15) is 15.9 Å². The fourth-order valence-electron chi connectivity index (χ4n) is 1.10. The van der Waals surface area contributed by atoms with Gasteiger partial charge < -0.3 is 0 Å². The number of aromatic nitrogens is 3. The number of carbonyl (C=O) groups is 1. The summed E-state index contributed by atoms with van der Waals surface area (Å²) in [6.07, 6.45) is 3.95. The van der Waals surface area contributed by atoms with Crippen LogP contribution in [0.3, 0.4) is 0 Å². The molecule has 0 fully saturated rings. The van der Waals surface area contributed by atoms with E-state index in [1.54, 1.807) is 10.7 Å². The van der Waals surface area contributed by atoms with Crippen LogP contribution in [-0.2, 0) is 0 Å². The number of aldehydes is 1. The third-order valence-electron chi connectivity index (χ3n) is 1.79. The molecule has 0 N–H and O–H groups in total. The molecule has 2 heterocycles. The minimum atomic E-state index is 0.646. The van der Waals surface area contributed by atoms with Crippen LogP contribution in [-0.4, -0.2) is 20.9 Å². The van der Waals surface area contributed by atoms with E-state index in [2.05, 4.69) is 10.1 Å². The molecule has 60 valence electrons. The van der Waals surface area contributed by atoms with E-state index in [9.17, 15) is 4.79 Å². The van der Waals surface area contributed by atoms with Gasteiger partial charge in [-0.05, 0) is 18.6 Å². The van der Waals surface area contributed by atoms with Gasteiger partial charge in [-0.3, -0.25) is 4.79 Å². The molecule has 4 heteroatoms. The predicted molar refractivity (Wildman–Crippen MR) is 43.1 cm³/mol. The summed E-state index contributed by atoms with van der Waals surface area (Å²) in [5.74, 6) is 0. The van der Waals surface area contributed by atoms with Crippen molar-refractivity contribution in [1.29, 1.82) is 0 Å². The molecule has 2 rings (SSSR count). The summed E-state index contributed by atoms with van der Waals surface area (Å²) in [7, 11) is 0. The number of rotatable bonds is 1. The van der Waals surface area contributed by atoms with Crippen molar-refractivity contribution >= 4 is 11.9 Å². The van der Waals surface area contributed by atoms with Crippen LogP contribution in [0.25, 0.3) is 5.65 Å². The summed E-state index contributed by atoms with van der Waals surface area (Å²) in [6.45, 7) is 1.87. The van der Waals surface area contributed by atoms with Crippen LogP contribution < -0.4 is 0 Å². The molecule has 0 aliphatic rings. The largest absolute Gasteiger partial charge is 0.298 e. The fourth-order valence-corrected chi connectivity index (χ4v) is 1.10. The molecule has 0 aliphatic heterocycles. The standard InChI is InChI=1S/C8H7N3O/c1-6-2-8-9-5-10-11(8)3-7(6)4-12/h2-5H,1H3. The second kappa shape index (κ2) is 2.41. The number of hydrogen-bond acceptors (Lipinski definition) is 3. The molecular formula is C8H7N3O. The molecule has 4 nitrogen and oxygen atoms in total. The van der Waals surface area contributed by atoms with E-state index < -0.39 is 0 Å². The van der Waals surface area contributed by atoms with Gasteiger partial charge in [0.15, 0.2) is 11.9 Å². The highest BCUT2D eigenvalue weighted by atomic mass is 16.1. The molecule has 2 aromatic rings. The molecule has 0 bridgehead atoms. The van der Waals surface area contributed by atoms with Crippen molar-refractivity contribution in [2.75, 3.05) is 0 Å². The van der Waals surface area contributed by atoms with E-state index in [-0.39, 0.29) is 0 Å². The normalized spacial score (nSPS) is 10.4. The van der Waals surface area contributed by atoms with Gasteiger partial charge in [0.2, 0.25) is 0 Å². The first-order chi connectivity index (χ1) is 5.81. The number of aryl methyl sites for hydroxylation is 1. The Morgan fingerprint density at radius 3 is 3.17 bits per heavy atom. The molecule has 12 heavy (non-hydrogen) atoms. The average molecular weight is 161 g/mol. The number of fused-ring (bicyclic) bond motifs is 1. The van der Waals surface area contributed by atoms with Crippen LogP contribution in [0.5, 0.6) is 0 Å². The molecule has 0 unspecified atom stereocenters. The summed E-state index contributed by atoms with van der Waals surface area (Å²) in [5.41, 5.74) is 2.33. The number of hydrogen-bond donors (Lipinski definition) is 0. The molecule has 0 aliphatic carbocycles. The van der Waals surface area contributed by atoms with Crippen LogP contribution >= 0.6 is 0 Å². The third kappa shape index (κ3) is 0.887. The van der Waals surface area contributed by atoms with Crippen molar-refractivity contribution in [2.45, 2.75) is 6.92 Å². The predicted octanol–water partition coefficient (Wildman–Crippen LogP) is 0.850. The lowest BCUT2D eigenvalue weighted by Gasteiger charge is -1.97. The minimum absolute atomic E-state index is 0.646.